The van der Waals surface area contributed by atoms with Crippen LogP contribution in [0.4, 0.5) is 10.5 Å². The van der Waals surface area contributed by atoms with E-state index in [1.54, 1.807) is 0 Å². The van der Waals surface area contributed by atoms with Crippen LogP contribution >= 0.6 is 15.9 Å². The Morgan fingerprint density at radius 3 is 2.60 bits per heavy atom. The van der Waals surface area contributed by atoms with Crippen molar-refractivity contribution in [2.45, 2.75) is 39.7 Å². The molecule has 0 radical (unpaired) electrons. The highest BCUT2D eigenvalue weighted by Gasteiger charge is 2.15. The summed E-state index contributed by atoms with van der Waals surface area (Å²) in [6, 6.07) is 6.14. The number of benzene rings is 1. The predicted octanol–water partition coefficient (Wildman–Crippen LogP) is 4.08. The van der Waals surface area contributed by atoms with Gasteiger partial charge in [0.25, 0.3) is 0 Å². The Morgan fingerprint density at radius 1 is 1.30 bits per heavy atom. The second-order valence-corrected chi connectivity index (χ2v) is 6.53. The Kier molecular flexibility index (Phi) is 6.33. The first-order chi connectivity index (χ1) is 9.28. The van der Waals surface area contributed by atoms with E-state index in [2.05, 4.69) is 39.6 Å². The van der Waals surface area contributed by atoms with E-state index >= 15 is 0 Å². The minimum atomic E-state index is -0.447. The number of amides is 1. The molecule has 112 valence electrons. The first-order valence-electron chi connectivity index (χ1n) is 6.75. The maximum absolute atomic E-state index is 11.4. The minimum Gasteiger partial charge on any atom is -0.444 e. The lowest BCUT2D eigenvalue weighted by atomic mass is 10.2. The molecule has 0 spiro atoms. The summed E-state index contributed by atoms with van der Waals surface area (Å²) in [4.78, 5) is 11.4. The highest BCUT2D eigenvalue weighted by atomic mass is 79.9. The third-order valence-corrected chi connectivity index (χ3v) is 3.40. The molecule has 0 saturated heterocycles. The van der Waals surface area contributed by atoms with Gasteiger partial charge in [0.05, 0.1) is 0 Å². The van der Waals surface area contributed by atoms with E-state index in [1.165, 1.54) is 5.56 Å². The van der Waals surface area contributed by atoms with Gasteiger partial charge >= 0.3 is 6.09 Å². The van der Waals surface area contributed by atoms with Crippen LogP contribution in [0.3, 0.4) is 0 Å². The normalized spacial score (nSPS) is 11.1. The average molecular weight is 343 g/mol. The number of carbonyl (C=O) groups excluding carboxylic acids is 1. The van der Waals surface area contributed by atoms with Gasteiger partial charge in [0.1, 0.15) is 5.60 Å². The highest BCUT2D eigenvalue weighted by Crippen LogP contribution is 2.19. The molecule has 0 aromatic heterocycles. The van der Waals surface area contributed by atoms with Crippen LogP contribution in [-0.4, -0.2) is 24.8 Å². The summed E-state index contributed by atoms with van der Waals surface area (Å²) in [5.74, 6) is 0. The Hall–Kier alpha value is -1.23. The molecule has 0 aliphatic carbocycles. The van der Waals surface area contributed by atoms with Gasteiger partial charge in [0.15, 0.2) is 0 Å². The smallest absolute Gasteiger partial charge is 0.407 e. The standard InChI is InChI=1S/C15H23BrN2O2/c1-11-10-12(6-7-13(11)16)17-8-5-9-18-14(19)20-15(2,3)4/h6-7,10,17H,5,8-9H2,1-4H3,(H,18,19). The number of alkyl carbamates (subject to hydrolysis) is 1. The maximum atomic E-state index is 11.4. The first-order valence-corrected chi connectivity index (χ1v) is 7.54. The zero-order valence-electron chi connectivity index (χ0n) is 12.5. The molecule has 5 heteroatoms. The molecule has 1 aromatic rings. The zero-order valence-corrected chi connectivity index (χ0v) is 14.1. The van der Waals surface area contributed by atoms with Crippen LogP contribution in [0.1, 0.15) is 32.8 Å². The van der Waals surface area contributed by atoms with Crippen molar-refractivity contribution in [1.29, 1.82) is 0 Å². The van der Waals surface area contributed by atoms with Crippen LogP contribution in [0.15, 0.2) is 22.7 Å². The van der Waals surface area contributed by atoms with Gasteiger partial charge in [-0.1, -0.05) is 15.9 Å². The zero-order chi connectivity index (χ0) is 15.2. The van der Waals surface area contributed by atoms with E-state index in [0.29, 0.717) is 6.54 Å². The largest absolute Gasteiger partial charge is 0.444 e. The molecular weight excluding hydrogens is 320 g/mol. The Morgan fingerprint density at radius 2 is 2.00 bits per heavy atom. The number of rotatable bonds is 5. The summed E-state index contributed by atoms with van der Waals surface area (Å²) in [7, 11) is 0. The number of aryl methyl sites for hydroxylation is 1. The van der Waals surface area contributed by atoms with Crippen molar-refractivity contribution >= 4 is 27.7 Å². The van der Waals surface area contributed by atoms with Gasteiger partial charge in [0.2, 0.25) is 0 Å². The van der Waals surface area contributed by atoms with Crippen LogP contribution in [0, 0.1) is 6.92 Å². The van der Waals surface area contributed by atoms with Gasteiger partial charge in [-0.2, -0.15) is 0 Å². The number of halogens is 1. The molecule has 0 heterocycles. The number of nitrogens with one attached hydrogen (secondary N) is 2. The minimum absolute atomic E-state index is 0.364. The van der Waals surface area contributed by atoms with Gasteiger partial charge < -0.3 is 15.4 Å². The third kappa shape index (κ3) is 6.80. The Bertz CT molecular complexity index is 456. The molecule has 0 aliphatic heterocycles. The predicted molar refractivity (Wildman–Crippen MR) is 86.2 cm³/mol. The van der Waals surface area contributed by atoms with E-state index in [1.807, 2.05) is 32.9 Å². The van der Waals surface area contributed by atoms with Crippen molar-refractivity contribution in [1.82, 2.24) is 5.32 Å². The molecule has 0 atom stereocenters. The first kappa shape index (κ1) is 16.8. The van der Waals surface area contributed by atoms with Crippen molar-refractivity contribution in [2.24, 2.45) is 0 Å². The van der Waals surface area contributed by atoms with E-state index in [0.717, 1.165) is 23.1 Å². The lowest BCUT2D eigenvalue weighted by Crippen LogP contribution is -2.33. The van der Waals surface area contributed by atoms with E-state index in [-0.39, 0.29) is 6.09 Å². The third-order valence-electron chi connectivity index (χ3n) is 2.51. The summed E-state index contributed by atoms with van der Waals surface area (Å²) in [6.07, 6.45) is 0.478. The molecule has 20 heavy (non-hydrogen) atoms. The van der Waals surface area contributed by atoms with Crippen LogP contribution in [0.5, 0.6) is 0 Å². The quantitative estimate of drug-likeness (QED) is 0.792. The lowest BCUT2D eigenvalue weighted by molar-refractivity contribution is 0.0528. The molecule has 0 saturated carbocycles. The second kappa shape index (κ2) is 7.53. The molecule has 0 fully saturated rings. The summed E-state index contributed by atoms with van der Waals surface area (Å²) in [5.41, 5.74) is 1.84. The summed E-state index contributed by atoms with van der Waals surface area (Å²) >= 11 is 3.47. The number of carbonyl (C=O) groups is 1. The number of hydrogen-bond donors (Lipinski definition) is 2. The fourth-order valence-corrected chi connectivity index (χ4v) is 1.83. The number of anilines is 1. The molecule has 1 amide bonds. The van der Waals surface area contributed by atoms with Crippen molar-refractivity contribution in [3.63, 3.8) is 0 Å². The van der Waals surface area contributed by atoms with Crippen LogP contribution in [-0.2, 0) is 4.74 Å². The summed E-state index contributed by atoms with van der Waals surface area (Å²) in [5, 5.41) is 6.06. The Labute approximate surface area is 129 Å². The molecule has 0 unspecified atom stereocenters. The molecule has 4 nitrogen and oxygen atoms in total. The van der Waals surface area contributed by atoms with Gasteiger partial charge in [-0.25, -0.2) is 4.79 Å². The SMILES string of the molecule is Cc1cc(NCCCNC(=O)OC(C)(C)C)ccc1Br. The van der Waals surface area contributed by atoms with Crippen LogP contribution in [0.2, 0.25) is 0 Å². The van der Waals surface area contributed by atoms with E-state index in [9.17, 15) is 4.79 Å². The molecule has 1 rings (SSSR count). The molecule has 2 N–H and O–H groups in total. The molecule has 1 aromatic carbocycles. The lowest BCUT2D eigenvalue weighted by Gasteiger charge is -2.19. The molecule has 0 aliphatic rings. The monoisotopic (exact) mass is 342 g/mol. The Balaban J connectivity index is 2.19. The maximum Gasteiger partial charge on any atom is 0.407 e. The van der Waals surface area contributed by atoms with Crippen molar-refractivity contribution in [3.8, 4) is 0 Å². The van der Waals surface area contributed by atoms with Crippen molar-refractivity contribution in [2.75, 3.05) is 18.4 Å². The summed E-state index contributed by atoms with van der Waals surface area (Å²) < 4.78 is 6.26. The van der Waals surface area contributed by atoms with Crippen molar-refractivity contribution in [3.05, 3.63) is 28.2 Å². The summed E-state index contributed by atoms with van der Waals surface area (Å²) in [6.45, 7) is 9.01. The van der Waals surface area contributed by atoms with Gasteiger partial charge in [-0.3, -0.25) is 0 Å². The second-order valence-electron chi connectivity index (χ2n) is 5.67. The highest BCUT2D eigenvalue weighted by molar-refractivity contribution is 9.10. The average Bonchev–Trinajstić information content (AvgIpc) is 2.31. The van der Waals surface area contributed by atoms with Gasteiger partial charge in [0, 0.05) is 23.2 Å². The molecular formula is C15H23BrN2O2. The number of hydrogen-bond acceptors (Lipinski definition) is 3. The van der Waals surface area contributed by atoms with Crippen LogP contribution < -0.4 is 10.6 Å². The van der Waals surface area contributed by atoms with E-state index < -0.39 is 5.60 Å². The fraction of sp³-hybridized carbons (Fsp3) is 0.533. The topological polar surface area (TPSA) is 50.4 Å². The number of ether oxygens (including phenoxy) is 1. The molecule has 0 bridgehead atoms. The fourth-order valence-electron chi connectivity index (χ4n) is 1.58. The van der Waals surface area contributed by atoms with E-state index in [4.69, 9.17) is 4.74 Å². The van der Waals surface area contributed by atoms with Gasteiger partial charge in [-0.15, -0.1) is 0 Å². The van der Waals surface area contributed by atoms with Crippen molar-refractivity contribution < 1.29 is 9.53 Å². The van der Waals surface area contributed by atoms with Crippen LogP contribution in [0.25, 0.3) is 0 Å². The van der Waals surface area contributed by atoms with Gasteiger partial charge in [-0.05, 0) is 57.9 Å².